The number of ether oxygens (including phenoxy) is 2. The van der Waals surface area contributed by atoms with Gasteiger partial charge in [0.05, 0.1) is 12.0 Å². The Morgan fingerprint density at radius 2 is 1.84 bits per heavy atom. The standard InChI is InChI=1S/C22H25N3O6S/c1-15(26)16-6-11-19(20(13-16)30-3)31-14-22(27)23-17-7-9-18(10-8-17)32(28,29)24-21-5-4-12-25(21)2/h6-11,13H,4-5,12,14H2,1-3H3,(H,23,27)/b24-21-. The Labute approximate surface area is 187 Å². The summed E-state index contributed by atoms with van der Waals surface area (Å²) in [4.78, 5) is 25.6. The maximum absolute atomic E-state index is 12.5. The number of ketones is 1. The molecule has 32 heavy (non-hydrogen) atoms. The van der Waals surface area contributed by atoms with Crippen LogP contribution >= 0.6 is 0 Å². The lowest BCUT2D eigenvalue weighted by Crippen LogP contribution is -2.21. The Kier molecular flexibility index (Phi) is 7.14. The number of Topliss-reactive ketones (excluding diaryl/α,β-unsaturated/α-hetero) is 1. The van der Waals surface area contributed by atoms with Gasteiger partial charge in [-0.1, -0.05) is 0 Å². The molecule has 0 bridgehead atoms. The zero-order chi connectivity index (χ0) is 23.3. The molecule has 1 amide bonds. The maximum atomic E-state index is 12.5. The molecule has 0 aromatic heterocycles. The van der Waals surface area contributed by atoms with E-state index in [1.807, 2.05) is 11.9 Å². The number of hydrogen-bond acceptors (Lipinski definition) is 6. The number of rotatable bonds is 8. The molecule has 170 valence electrons. The number of methoxy groups -OCH3 is 1. The van der Waals surface area contributed by atoms with Crippen molar-refractivity contribution in [1.29, 1.82) is 0 Å². The summed E-state index contributed by atoms with van der Waals surface area (Å²) in [5.41, 5.74) is 0.889. The number of nitrogens with zero attached hydrogens (tertiary/aromatic N) is 2. The Morgan fingerprint density at radius 1 is 1.12 bits per heavy atom. The first-order valence-electron chi connectivity index (χ1n) is 9.96. The predicted octanol–water partition coefficient (Wildman–Crippen LogP) is 2.73. The highest BCUT2D eigenvalue weighted by Crippen LogP contribution is 2.28. The summed E-state index contributed by atoms with van der Waals surface area (Å²) in [6.07, 6.45) is 1.51. The van der Waals surface area contributed by atoms with Gasteiger partial charge < -0.3 is 19.7 Å². The minimum absolute atomic E-state index is 0.0508. The second kappa shape index (κ2) is 9.82. The van der Waals surface area contributed by atoms with Crippen molar-refractivity contribution in [1.82, 2.24) is 4.90 Å². The zero-order valence-corrected chi connectivity index (χ0v) is 18.9. The molecule has 1 fully saturated rings. The van der Waals surface area contributed by atoms with Crippen LogP contribution in [0.1, 0.15) is 30.1 Å². The SMILES string of the molecule is COc1cc(C(C)=O)ccc1OCC(=O)Nc1ccc(S(=O)(=O)/N=C2/CCCN2C)cc1. The first kappa shape index (κ1) is 23.3. The molecule has 1 aliphatic heterocycles. The molecule has 0 unspecified atom stereocenters. The van der Waals surface area contributed by atoms with Gasteiger partial charge in [-0.05, 0) is 55.8 Å². The van der Waals surface area contributed by atoms with E-state index in [1.165, 1.54) is 38.3 Å². The van der Waals surface area contributed by atoms with E-state index in [2.05, 4.69) is 9.71 Å². The fraction of sp³-hybridized carbons (Fsp3) is 0.318. The number of amidine groups is 1. The van der Waals surface area contributed by atoms with Crippen LogP contribution in [0.2, 0.25) is 0 Å². The number of anilines is 1. The van der Waals surface area contributed by atoms with Crippen LogP contribution in [0, 0.1) is 0 Å². The second-order valence-corrected chi connectivity index (χ2v) is 8.89. The molecule has 1 saturated heterocycles. The van der Waals surface area contributed by atoms with Crippen molar-refractivity contribution in [3.63, 3.8) is 0 Å². The van der Waals surface area contributed by atoms with Crippen molar-refractivity contribution in [2.24, 2.45) is 4.40 Å². The molecule has 0 radical (unpaired) electrons. The zero-order valence-electron chi connectivity index (χ0n) is 18.1. The number of hydrogen-bond donors (Lipinski definition) is 1. The van der Waals surface area contributed by atoms with E-state index in [4.69, 9.17) is 9.47 Å². The fourth-order valence-electron chi connectivity index (χ4n) is 3.16. The van der Waals surface area contributed by atoms with Gasteiger partial charge >= 0.3 is 0 Å². The van der Waals surface area contributed by atoms with Gasteiger partial charge in [0.25, 0.3) is 15.9 Å². The fourth-order valence-corrected chi connectivity index (χ4v) is 4.25. The maximum Gasteiger partial charge on any atom is 0.283 e. The Balaban J connectivity index is 1.61. The lowest BCUT2D eigenvalue weighted by atomic mass is 10.1. The average Bonchev–Trinajstić information content (AvgIpc) is 3.16. The van der Waals surface area contributed by atoms with Gasteiger partial charge in [-0.3, -0.25) is 9.59 Å². The summed E-state index contributed by atoms with van der Waals surface area (Å²) in [5, 5.41) is 2.64. The molecular formula is C22H25N3O6S. The van der Waals surface area contributed by atoms with Crippen LogP contribution in [0.4, 0.5) is 5.69 Å². The van der Waals surface area contributed by atoms with Crippen LogP contribution in [-0.2, 0) is 14.8 Å². The van der Waals surface area contributed by atoms with Crippen molar-refractivity contribution in [2.75, 3.05) is 32.6 Å². The molecule has 10 heteroatoms. The summed E-state index contributed by atoms with van der Waals surface area (Å²) < 4.78 is 39.6. The van der Waals surface area contributed by atoms with Crippen LogP contribution in [0.3, 0.4) is 0 Å². The van der Waals surface area contributed by atoms with Crippen LogP contribution in [0.15, 0.2) is 51.8 Å². The van der Waals surface area contributed by atoms with Crippen molar-refractivity contribution >= 4 is 33.2 Å². The minimum atomic E-state index is -3.81. The molecule has 2 aromatic carbocycles. The predicted molar refractivity (Wildman–Crippen MR) is 120 cm³/mol. The van der Waals surface area contributed by atoms with Crippen LogP contribution in [-0.4, -0.2) is 58.2 Å². The van der Waals surface area contributed by atoms with E-state index in [0.29, 0.717) is 35.0 Å². The lowest BCUT2D eigenvalue weighted by Gasteiger charge is -2.12. The number of benzene rings is 2. The molecule has 0 atom stereocenters. The summed E-state index contributed by atoms with van der Waals surface area (Å²) in [5.74, 6) is 0.664. The van der Waals surface area contributed by atoms with Crippen LogP contribution in [0.5, 0.6) is 11.5 Å². The van der Waals surface area contributed by atoms with E-state index >= 15 is 0 Å². The van der Waals surface area contributed by atoms with Crippen LogP contribution in [0.25, 0.3) is 0 Å². The van der Waals surface area contributed by atoms with E-state index in [9.17, 15) is 18.0 Å². The van der Waals surface area contributed by atoms with Crippen molar-refractivity contribution in [3.8, 4) is 11.5 Å². The Hall–Kier alpha value is -3.40. The molecule has 3 rings (SSSR count). The molecule has 0 saturated carbocycles. The van der Waals surface area contributed by atoms with Gasteiger partial charge in [0.15, 0.2) is 23.9 Å². The quantitative estimate of drug-likeness (QED) is 0.604. The van der Waals surface area contributed by atoms with E-state index in [-0.39, 0.29) is 17.3 Å². The molecule has 1 aliphatic rings. The summed E-state index contributed by atoms with van der Waals surface area (Å²) in [7, 11) is -0.558. The van der Waals surface area contributed by atoms with Gasteiger partial charge in [0.1, 0.15) is 5.84 Å². The Morgan fingerprint density at radius 3 is 2.44 bits per heavy atom. The topological polar surface area (TPSA) is 114 Å². The first-order chi connectivity index (χ1) is 15.2. The lowest BCUT2D eigenvalue weighted by molar-refractivity contribution is -0.118. The third-order valence-electron chi connectivity index (χ3n) is 4.92. The number of carbonyl (C=O) groups is 2. The summed E-state index contributed by atoms with van der Waals surface area (Å²) in [6.45, 7) is 1.93. The molecule has 9 nitrogen and oxygen atoms in total. The second-order valence-electron chi connectivity index (χ2n) is 7.29. The molecule has 0 aliphatic carbocycles. The van der Waals surface area contributed by atoms with Gasteiger partial charge in [-0.25, -0.2) is 0 Å². The molecular weight excluding hydrogens is 434 g/mol. The minimum Gasteiger partial charge on any atom is -0.493 e. The third-order valence-corrected chi connectivity index (χ3v) is 6.24. The van der Waals surface area contributed by atoms with Gasteiger partial charge in [-0.15, -0.1) is 4.40 Å². The highest BCUT2D eigenvalue weighted by Gasteiger charge is 2.20. The summed E-state index contributed by atoms with van der Waals surface area (Å²) >= 11 is 0. The van der Waals surface area contributed by atoms with E-state index < -0.39 is 15.9 Å². The average molecular weight is 460 g/mol. The largest absolute Gasteiger partial charge is 0.493 e. The molecule has 1 heterocycles. The molecule has 1 N–H and O–H groups in total. The highest BCUT2D eigenvalue weighted by molar-refractivity contribution is 7.90. The summed E-state index contributed by atoms with van der Waals surface area (Å²) in [6, 6.07) is 10.5. The number of likely N-dealkylation sites (tertiary alicyclic amines) is 1. The number of nitrogens with one attached hydrogen (secondary N) is 1. The normalized spacial score (nSPS) is 15.0. The number of amides is 1. The number of carbonyl (C=O) groups excluding carboxylic acids is 2. The van der Waals surface area contributed by atoms with Crippen LogP contribution < -0.4 is 14.8 Å². The monoisotopic (exact) mass is 459 g/mol. The number of sulfonamides is 1. The van der Waals surface area contributed by atoms with E-state index in [0.717, 1.165) is 13.0 Å². The van der Waals surface area contributed by atoms with Gasteiger partial charge in [0, 0.05) is 31.3 Å². The van der Waals surface area contributed by atoms with Gasteiger partial charge in [-0.2, -0.15) is 8.42 Å². The molecule has 2 aromatic rings. The van der Waals surface area contributed by atoms with E-state index in [1.54, 1.807) is 18.2 Å². The third kappa shape index (κ3) is 5.64. The van der Waals surface area contributed by atoms with Crippen molar-refractivity contribution < 1.29 is 27.5 Å². The first-order valence-corrected chi connectivity index (χ1v) is 11.4. The van der Waals surface area contributed by atoms with Gasteiger partial charge in [0.2, 0.25) is 0 Å². The van der Waals surface area contributed by atoms with Crippen molar-refractivity contribution in [3.05, 3.63) is 48.0 Å². The smallest absolute Gasteiger partial charge is 0.283 e. The highest BCUT2D eigenvalue weighted by atomic mass is 32.2. The Bertz CT molecular complexity index is 1140. The van der Waals surface area contributed by atoms with Crippen molar-refractivity contribution in [2.45, 2.75) is 24.7 Å². The molecule has 0 spiro atoms.